The first-order chi connectivity index (χ1) is 15.1. The Morgan fingerprint density at radius 1 is 0.871 bits per heavy atom. The molecule has 0 N–H and O–H groups in total. The molecule has 2 aromatic carbocycles. The van der Waals surface area contributed by atoms with Gasteiger partial charge in [0.1, 0.15) is 0 Å². The topological polar surface area (TPSA) is 52.6 Å². The zero-order chi connectivity index (χ0) is 22.3. The second-order valence-corrected chi connectivity index (χ2v) is 6.97. The fourth-order valence-corrected chi connectivity index (χ4v) is 2.97. The number of allylic oxidation sites excluding steroid dienone is 3. The maximum Gasteiger partial charge on any atom is 0.338 e. The standard InChI is InChI=1S/C27H30O4/c1-3-12-23(18-20-31-27(29)25-16-9-6-10-17-25)21-22(4-2)13-11-19-30-26(28)24-14-7-5-8-15-24/h3,5-10,13-17,21H,1,4,11-12,18-20H2,2H3/b22-13+,23-21+. The van der Waals surface area contributed by atoms with Gasteiger partial charge in [-0.1, -0.05) is 72.7 Å². The summed E-state index contributed by atoms with van der Waals surface area (Å²) in [5, 5.41) is 0. The molecule has 0 fully saturated rings. The number of hydrogen-bond acceptors (Lipinski definition) is 4. The van der Waals surface area contributed by atoms with E-state index in [2.05, 4.69) is 25.7 Å². The maximum absolute atomic E-state index is 12.1. The van der Waals surface area contributed by atoms with Crippen LogP contribution in [0.3, 0.4) is 0 Å². The Hall–Kier alpha value is -3.40. The van der Waals surface area contributed by atoms with Crippen molar-refractivity contribution in [3.8, 4) is 0 Å². The van der Waals surface area contributed by atoms with Crippen LogP contribution in [0.4, 0.5) is 0 Å². The van der Waals surface area contributed by atoms with Crippen molar-refractivity contribution in [3.05, 3.63) is 108 Å². The van der Waals surface area contributed by atoms with Gasteiger partial charge in [-0.25, -0.2) is 9.59 Å². The fraction of sp³-hybridized carbons (Fsp3) is 0.259. The smallest absolute Gasteiger partial charge is 0.338 e. The molecule has 0 spiro atoms. The number of esters is 2. The van der Waals surface area contributed by atoms with E-state index in [0.717, 1.165) is 24.0 Å². The van der Waals surface area contributed by atoms with Gasteiger partial charge in [0.15, 0.2) is 0 Å². The summed E-state index contributed by atoms with van der Waals surface area (Å²) in [5.41, 5.74) is 3.41. The largest absolute Gasteiger partial charge is 0.462 e. The van der Waals surface area contributed by atoms with Crippen LogP contribution in [0.15, 0.2) is 96.6 Å². The van der Waals surface area contributed by atoms with Crippen LogP contribution in [-0.2, 0) is 9.47 Å². The van der Waals surface area contributed by atoms with E-state index in [1.54, 1.807) is 24.3 Å². The molecule has 162 valence electrons. The number of hydrogen-bond donors (Lipinski definition) is 0. The Bertz CT molecular complexity index is 895. The van der Waals surface area contributed by atoms with Crippen LogP contribution in [0.1, 0.15) is 53.3 Å². The van der Waals surface area contributed by atoms with Gasteiger partial charge >= 0.3 is 11.9 Å². The van der Waals surface area contributed by atoms with E-state index in [1.807, 2.05) is 42.5 Å². The molecule has 0 aromatic heterocycles. The molecule has 0 heterocycles. The Balaban J connectivity index is 1.85. The highest BCUT2D eigenvalue weighted by atomic mass is 16.5. The van der Waals surface area contributed by atoms with Gasteiger partial charge in [0, 0.05) is 12.8 Å². The van der Waals surface area contributed by atoms with Crippen molar-refractivity contribution in [1.82, 2.24) is 0 Å². The molecule has 4 nitrogen and oxygen atoms in total. The highest BCUT2D eigenvalue weighted by Gasteiger charge is 2.07. The third-order valence-corrected chi connectivity index (χ3v) is 4.64. The summed E-state index contributed by atoms with van der Waals surface area (Å²) in [6.45, 7) is 6.55. The molecule has 2 aromatic rings. The first-order valence-corrected chi connectivity index (χ1v) is 10.6. The second-order valence-electron chi connectivity index (χ2n) is 6.97. The lowest BCUT2D eigenvalue weighted by Gasteiger charge is -2.09. The molecule has 0 aliphatic heterocycles. The molecular weight excluding hydrogens is 388 g/mol. The molecule has 0 amide bonds. The third-order valence-electron chi connectivity index (χ3n) is 4.64. The highest BCUT2D eigenvalue weighted by Crippen LogP contribution is 2.15. The quantitative estimate of drug-likeness (QED) is 0.175. The van der Waals surface area contributed by atoms with Crippen LogP contribution in [0.2, 0.25) is 0 Å². The predicted molar refractivity (Wildman–Crippen MR) is 124 cm³/mol. The Labute approximate surface area is 184 Å². The molecule has 4 heteroatoms. The number of ether oxygens (including phenoxy) is 2. The van der Waals surface area contributed by atoms with Gasteiger partial charge in [-0.05, 0) is 37.1 Å². The number of carbonyl (C=O) groups is 2. The lowest BCUT2D eigenvalue weighted by molar-refractivity contribution is 0.0500. The normalized spacial score (nSPS) is 11.6. The molecule has 0 atom stereocenters. The second kappa shape index (κ2) is 13.8. The average molecular weight is 419 g/mol. The average Bonchev–Trinajstić information content (AvgIpc) is 2.81. The summed E-state index contributed by atoms with van der Waals surface area (Å²) >= 11 is 0. The van der Waals surface area contributed by atoms with Gasteiger partial charge in [0.2, 0.25) is 0 Å². The van der Waals surface area contributed by atoms with Gasteiger partial charge in [0.25, 0.3) is 0 Å². The van der Waals surface area contributed by atoms with Crippen molar-refractivity contribution in [1.29, 1.82) is 0 Å². The van der Waals surface area contributed by atoms with Gasteiger partial charge < -0.3 is 9.47 Å². The molecule has 0 saturated heterocycles. The molecule has 0 aliphatic carbocycles. The summed E-state index contributed by atoms with van der Waals surface area (Å²) in [7, 11) is 0. The van der Waals surface area contributed by atoms with E-state index >= 15 is 0 Å². The zero-order valence-electron chi connectivity index (χ0n) is 18.1. The lowest BCUT2D eigenvalue weighted by atomic mass is 10.0. The van der Waals surface area contributed by atoms with Gasteiger partial charge in [-0.15, -0.1) is 6.58 Å². The van der Waals surface area contributed by atoms with Crippen molar-refractivity contribution < 1.29 is 19.1 Å². The third kappa shape index (κ3) is 8.87. The molecule has 2 rings (SSSR count). The van der Waals surface area contributed by atoms with Gasteiger partial charge in [0.05, 0.1) is 24.3 Å². The van der Waals surface area contributed by atoms with E-state index < -0.39 is 0 Å². The van der Waals surface area contributed by atoms with Crippen LogP contribution in [0.5, 0.6) is 0 Å². The minimum atomic E-state index is -0.315. The number of carbonyl (C=O) groups excluding carboxylic acids is 2. The van der Waals surface area contributed by atoms with Crippen LogP contribution >= 0.6 is 0 Å². The van der Waals surface area contributed by atoms with Gasteiger partial charge in [-0.2, -0.15) is 0 Å². The van der Waals surface area contributed by atoms with E-state index in [9.17, 15) is 9.59 Å². The zero-order valence-corrected chi connectivity index (χ0v) is 18.1. The minimum Gasteiger partial charge on any atom is -0.462 e. The number of rotatable bonds is 12. The highest BCUT2D eigenvalue weighted by molar-refractivity contribution is 5.89. The Morgan fingerprint density at radius 3 is 1.94 bits per heavy atom. The monoisotopic (exact) mass is 418 g/mol. The predicted octanol–water partition coefficient (Wildman–Crippen LogP) is 6.32. The van der Waals surface area contributed by atoms with Crippen LogP contribution in [0, 0.1) is 0 Å². The van der Waals surface area contributed by atoms with E-state index in [4.69, 9.17) is 9.47 Å². The van der Waals surface area contributed by atoms with Crippen LogP contribution < -0.4 is 0 Å². The Morgan fingerprint density at radius 2 is 1.42 bits per heavy atom. The summed E-state index contributed by atoms with van der Waals surface area (Å²) in [6, 6.07) is 17.9. The summed E-state index contributed by atoms with van der Waals surface area (Å²) in [6.07, 6.45) is 8.92. The maximum atomic E-state index is 12.1. The molecular formula is C27H30O4. The molecule has 0 unspecified atom stereocenters. The summed E-state index contributed by atoms with van der Waals surface area (Å²) in [4.78, 5) is 24.1. The van der Waals surface area contributed by atoms with Crippen molar-refractivity contribution >= 4 is 11.9 Å². The van der Waals surface area contributed by atoms with E-state index in [0.29, 0.717) is 37.2 Å². The van der Waals surface area contributed by atoms with Crippen LogP contribution in [-0.4, -0.2) is 25.2 Å². The first kappa shape index (κ1) is 23.9. The van der Waals surface area contributed by atoms with Crippen LogP contribution in [0.25, 0.3) is 0 Å². The minimum absolute atomic E-state index is 0.310. The first-order valence-electron chi connectivity index (χ1n) is 10.6. The molecule has 31 heavy (non-hydrogen) atoms. The van der Waals surface area contributed by atoms with Crippen molar-refractivity contribution in [2.75, 3.05) is 13.2 Å². The Kier molecular flexibility index (Phi) is 10.6. The molecule has 0 bridgehead atoms. The van der Waals surface area contributed by atoms with Crippen molar-refractivity contribution in [2.24, 2.45) is 0 Å². The van der Waals surface area contributed by atoms with Crippen molar-refractivity contribution in [2.45, 2.75) is 32.6 Å². The molecule has 0 radical (unpaired) electrons. The summed E-state index contributed by atoms with van der Waals surface area (Å²) < 4.78 is 10.7. The lowest BCUT2D eigenvalue weighted by Crippen LogP contribution is -2.07. The van der Waals surface area contributed by atoms with E-state index in [-0.39, 0.29) is 11.9 Å². The SMILES string of the molecule is C=CC/C(=C\C(=C\CCOC(=O)c1ccccc1)CC)CCOC(=O)c1ccccc1. The van der Waals surface area contributed by atoms with Crippen molar-refractivity contribution in [3.63, 3.8) is 0 Å². The molecule has 0 saturated carbocycles. The van der Waals surface area contributed by atoms with E-state index in [1.165, 1.54) is 0 Å². The fourth-order valence-electron chi connectivity index (χ4n) is 2.97. The van der Waals surface area contributed by atoms with Gasteiger partial charge in [-0.3, -0.25) is 0 Å². The summed E-state index contributed by atoms with van der Waals surface area (Å²) in [5.74, 6) is -0.625. The number of benzene rings is 2. The molecule has 0 aliphatic rings.